The van der Waals surface area contributed by atoms with Crippen LogP contribution in [0.2, 0.25) is 0 Å². The summed E-state index contributed by atoms with van der Waals surface area (Å²) in [6, 6.07) is 4.47. The molecule has 2 heterocycles. The van der Waals surface area contributed by atoms with Crippen LogP contribution in [0.1, 0.15) is 57.6 Å². The van der Waals surface area contributed by atoms with E-state index >= 15 is 0 Å². The van der Waals surface area contributed by atoms with E-state index in [1.165, 1.54) is 30.0 Å². The fourth-order valence-electron chi connectivity index (χ4n) is 5.90. The molecule has 33 heavy (non-hydrogen) atoms. The zero-order chi connectivity index (χ0) is 24.1. The van der Waals surface area contributed by atoms with Crippen LogP contribution in [0.4, 0.5) is 5.69 Å². The quantitative estimate of drug-likeness (QED) is 0.407. The molecule has 176 valence electrons. The zero-order valence-electron chi connectivity index (χ0n) is 18.6. The highest BCUT2D eigenvalue weighted by Gasteiger charge is 2.71. The Morgan fingerprint density at radius 3 is 2.42 bits per heavy atom. The number of hydrogen-bond donors (Lipinski definition) is 1. The van der Waals surface area contributed by atoms with Crippen molar-refractivity contribution in [1.82, 2.24) is 9.80 Å². The lowest BCUT2D eigenvalue weighted by atomic mass is 9.80. The van der Waals surface area contributed by atoms with E-state index in [0.29, 0.717) is 12.8 Å². The highest BCUT2D eigenvalue weighted by Crippen LogP contribution is 2.56. The first kappa shape index (κ1) is 22.9. The number of carboxylic acids is 1. The molecule has 2 aliphatic heterocycles. The second-order valence-electron chi connectivity index (χ2n) is 9.22. The third kappa shape index (κ3) is 3.30. The molecule has 3 aliphatic rings. The van der Waals surface area contributed by atoms with Crippen LogP contribution in [-0.2, 0) is 19.2 Å². The number of hydrogen-bond acceptors (Lipinski definition) is 6. The largest absolute Gasteiger partial charge is 0.479 e. The van der Waals surface area contributed by atoms with Crippen molar-refractivity contribution in [3.05, 3.63) is 39.9 Å². The number of nitro groups is 1. The van der Waals surface area contributed by atoms with Gasteiger partial charge in [-0.2, -0.15) is 0 Å². The number of rotatable bonds is 5. The maximum Gasteiger partial charge on any atom is 0.330 e. The van der Waals surface area contributed by atoms with Crippen molar-refractivity contribution in [2.45, 2.75) is 57.5 Å². The first-order valence-electron chi connectivity index (χ1n) is 11.3. The third-order valence-corrected chi connectivity index (χ3v) is 7.53. The van der Waals surface area contributed by atoms with Gasteiger partial charge in [-0.1, -0.05) is 31.4 Å². The minimum absolute atomic E-state index is 0.0819. The molecule has 10 nitrogen and oxygen atoms in total. The van der Waals surface area contributed by atoms with E-state index in [1.54, 1.807) is 13.0 Å². The minimum Gasteiger partial charge on any atom is -0.479 e. The van der Waals surface area contributed by atoms with Gasteiger partial charge in [-0.15, -0.1) is 0 Å². The molecule has 4 rings (SSSR count). The molecule has 1 aromatic carbocycles. The lowest BCUT2D eigenvalue weighted by Gasteiger charge is -2.40. The first-order chi connectivity index (χ1) is 15.6. The van der Waals surface area contributed by atoms with Crippen molar-refractivity contribution in [3.63, 3.8) is 0 Å². The van der Waals surface area contributed by atoms with Crippen LogP contribution in [0.3, 0.4) is 0 Å². The normalized spacial score (nSPS) is 29.9. The summed E-state index contributed by atoms with van der Waals surface area (Å²) in [7, 11) is 0. The van der Waals surface area contributed by atoms with Crippen molar-refractivity contribution < 1.29 is 29.2 Å². The lowest BCUT2D eigenvalue weighted by Crippen LogP contribution is -2.58. The number of benzene rings is 1. The van der Waals surface area contributed by atoms with Gasteiger partial charge in [0.2, 0.25) is 17.7 Å². The molecule has 2 saturated heterocycles. The number of likely N-dealkylation sites (tertiary alicyclic amines) is 2. The standard InChI is InChI=1S/C23H27N3O7/c1-3-24-20(28)16-17(21(24)29)23(2,22(30)31)25(19(27)13-8-5-4-6-9-13)18(16)14-10-7-11-15(12-14)26(32)33/h7,10-13,16-18H,3-6,8-9H2,1-2H3,(H,30,31). The van der Waals surface area contributed by atoms with E-state index in [9.17, 15) is 34.4 Å². The molecule has 3 amide bonds. The second-order valence-corrected chi connectivity index (χ2v) is 9.22. The van der Waals surface area contributed by atoms with Gasteiger partial charge in [0.1, 0.15) is 0 Å². The van der Waals surface area contributed by atoms with Crippen molar-refractivity contribution in [1.29, 1.82) is 0 Å². The van der Waals surface area contributed by atoms with E-state index < -0.39 is 57.9 Å². The molecular weight excluding hydrogens is 430 g/mol. The molecule has 1 saturated carbocycles. The van der Waals surface area contributed by atoms with Gasteiger partial charge in [0, 0.05) is 24.6 Å². The molecule has 10 heteroatoms. The van der Waals surface area contributed by atoms with Gasteiger partial charge in [-0.05, 0) is 32.3 Å². The molecule has 4 atom stereocenters. The summed E-state index contributed by atoms with van der Waals surface area (Å²) < 4.78 is 0. The molecule has 0 bridgehead atoms. The second kappa shape index (κ2) is 8.24. The third-order valence-electron chi connectivity index (χ3n) is 7.53. The van der Waals surface area contributed by atoms with Crippen LogP contribution in [0, 0.1) is 27.9 Å². The number of aliphatic carboxylic acids is 1. The molecule has 1 aliphatic carbocycles. The summed E-state index contributed by atoms with van der Waals surface area (Å²) in [6.45, 7) is 3.04. The predicted molar refractivity (Wildman–Crippen MR) is 115 cm³/mol. The SMILES string of the molecule is CCN1C(=O)C2C(c3cccc([N+](=O)[O-])c3)N(C(=O)C3CCCCC3)C(C)(C(=O)O)C2C1=O. The maximum atomic E-state index is 13.8. The summed E-state index contributed by atoms with van der Waals surface area (Å²) >= 11 is 0. The summed E-state index contributed by atoms with van der Waals surface area (Å²) in [5, 5.41) is 21.7. The Kier molecular flexibility index (Phi) is 5.71. The number of carboxylic acid groups (broad SMARTS) is 1. The number of non-ortho nitro benzene ring substituents is 1. The number of nitro benzene ring substituents is 1. The van der Waals surface area contributed by atoms with Crippen LogP contribution in [0.25, 0.3) is 0 Å². The smallest absolute Gasteiger partial charge is 0.330 e. The average Bonchev–Trinajstić information content (AvgIpc) is 3.23. The Balaban J connectivity index is 1.92. The van der Waals surface area contributed by atoms with Gasteiger partial charge in [0.05, 0.1) is 22.8 Å². The molecule has 0 aromatic heterocycles. The van der Waals surface area contributed by atoms with E-state index in [2.05, 4.69) is 0 Å². The molecule has 1 N–H and O–H groups in total. The molecular formula is C23H27N3O7. The highest BCUT2D eigenvalue weighted by molar-refractivity contribution is 6.10. The number of nitrogens with zero attached hydrogens (tertiary/aromatic N) is 3. The van der Waals surface area contributed by atoms with Crippen LogP contribution >= 0.6 is 0 Å². The minimum atomic E-state index is -1.95. The van der Waals surface area contributed by atoms with Crippen LogP contribution in [0.15, 0.2) is 24.3 Å². The van der Waals surface area contributed by atoms with Crippen molar-refractivity contribution >= 4 is 29.4 Å². The fraction of sp³-hybridized carbons (Fsp3) is 0.565. The zero-order valence-corrected chi connectivity index (χ0v) is 18.6. The summed E-state index contributed by atoms with van der Waals surface area (Å²) in [6.07, 6.45) is 3.87. The van der Waals surface area contributed by atoms with Crippen LogP contribution < -0.4 is 0 Å². The molecule has 0 radical (unpaired) electrons. The monoisotopic (exact) mass is 457 g/mol. The Bertz CT molecular complexity index is 1030. The van der Waals surface area contributed by atoms with Crippen LogP contribution in [-0.4, -0.2) is 55.6 Å². The number of fused-ring (bicyclic) bond motifs is 1. The van der Waals surface area contributed by atoms with Gasteiger partial charge in [-0.3, -0.25) is 29.4 Å². The van der Waals surface area contributed by atoms with Gasteiger partial charge in [0.25, 0.3) is 5.69 Å². The van der Waals surface area contributed by atoms with E-state index in [-0.39, 0.29) is 17.8 Å². The summed E-state index contributed by atoms with van der Waals surface area (Å²) in [5.41, 5.74) is -1.90. The van der Waals surface area contributed by atoms with Gasteiger partial charge in [0.15, 0.2) is 5.54 Å². The molecule has 0 spiro atoms. The highest BCUT2D eigenvalue weighted by atomic mass is 16.6. The first-order valence-corrected chi connectivity index (χ1v) is 11.3. The lowest BCUT2D eigenvalue weighted by molar-refractivity contribution is -0.385. The maximum absolute atomic E-state index is 13.8. The van der Waals surface area contributed by atoms with Crippen molar-refractivity contribution in [2.75, 3.05) is 6.54 Å². The Morgan fingerprint density at radius 2 is 1.85 bits per heavy atom. The number of carbonyl (C=O) groups excluding carboxylic acids is 3. The number of imide groups is 1. The van der Waals surface area contributed by atoms with Gasteiger partial charge in [-0.25, -0.2) is 4.79 Å². The average molecular weight is 457 g/mol. The molecule has 1 aromatic rings. The molecule has 3 fully saturated rings. The Labute approximate surface area is 190 Å². The molecule has 4 unspecified atom stereocenters. The number of carbonyl (C=O) groups is 4. The summed E-state index contributed by atoms with van der Waals surface area (Å²) in [5.74, 6) is -5.73. The Hall–Kier alpha value is -3.30. The van der Waals surface area contributed by atoms with E-state index in [1.807, 2.05) is 0 Å². The van der Waals surface area contributed by atoms with E-state index in [4.69, 9.17) is 0 Å². The number of amides is 3. The fourth-order valence-corrected chi connectivity index (χ4v) is 5.90. The van der Waals surface area contributed by atoms with Crippen molar-refractivity contribution in [3.8, 4) is 0 Å². The topological polar surface area (TPSA) is 138 Å². The van der Waals surface area contributed by atoms with Gasteiger partial charge >= 0.3 is 5.97 Å². The summed E-state index contributed by atoms with van der Waals surface area (Å²) in [4.78, 5) is 66.1. The van der Waals surface area contributed by atoms with E-state index in [0.717, 1.165) is 24.2 Å². The van der Waals surface area contributed by atoms with Crippen LogP contribution in [0.5, 0.6) is 0 Å². The predicted octanol–water partition coefficient (Wildman–Crippen LogP) is 2.52. The van der Waals surface area contributed by atoms with Crippen molar-refractivity contribution in [2.24, 2.45) is 17.8 Å². The van der Waals surface area contributed by atoms with Gasteiger partial charge < -0.3 is 10.0 Å². The Morgan fingerprint density at radius 1 is 1.18 bits per heavy atom.